The van der Waals surface area contributed by atoms with Crippen LogP contribution in [0.3, 0.4) is 0 Å². The fourth-order valence-electron chi connectivity index (χ4n) is 2.07. The zero-order chi connectivity index (χ0) is 12.3. The van der Waals surface area contributed by atoms with E-state index in [9.17, 15) is 0 Å². The summed E-state index contributed by atoms with van der Waals surface area (Å²) in [6.07, 6.45) is 4.12. The zero-order valence-corrected chi connectivity index (χ0v) is 10.7. The number of anilines is 2. The molecule has 1 aliphatic rings. The maximum Gasteiger partial charge on any atom is 0.224 e. The van der Waals surface area contributed by atoms with Crippen molar-refractivity contribution in [3.05, 3.63) is 11.5 Å². The van der Waals surface area contributed by atoms with Gasteiger partial charge in [-0.05, 0) is 44.5 Å². The van der Waals surface area contributed by atoms with Crippen LogP contribution in [0.25, 0.3) is 0 Å². The van der Waals surface area contributed by atoms with Gasteiger partial charge in [0.2, 0.25) is 5.28 Å². The number of hydrogen-bond donors (Lipinski definition) is 2. The van der Waals surface area contributed by atoms with Gasteiger partial charge >= 0.3 is 0 Å². The molecule has 3 N–H and O–H groups in total. The van der Waals surface area contributed by atoms with Gasteiger partial charge in [-0.15, -0.1) is 0 Å². The SMILES string of the molecule is CC(CNc1nc(Cl)ncc1N)N1CCCC1. The number of halogens is 1. The maximum atomic E-state index is 5.77. The molecule has 0 aliphatic carbocycles. The number of likely N-dealkylation sites (tertiary alicyclic amines) is 1. The van der Waals surface area contributed by atoms with E-state index >= 15 is 0 Å². The predicted molar refractivity (Wildman–Crippen MR) is 70.2 cm³/mol. The van der Waals surface area contributed by atoms with Crippen molar-refractivity contribution in [1.29, 1.82) is 0 Å². The molecule has 1 aliphatic heterocycles. The number of nitrogens with two attached hydrogens (primary N) is 1. The van der Waals surface area contributed by atoms with Crippen LogP contribution in [0, 0.1) is 0 Å². The Hall–Kier alpha value is -1.07. The summed E-state index contributed by atoms with van der Waals surface area (Å²) in [6, 6.07) is 0.477. The summed E-state index contributed by atoms with van der Waals surface area (Å²) in [5.41, 5.74) is 6.30. The van der Waals surface area contributed by atoms with Gasteiger partial charge in [-0.1, -0.05) is 0 Å². The molecule has 17 heavy (non-hydrogen) atoms. The monoisotopic (exact) mass is 255 g/mol. The van der Waals surface area contributed by atoms with E-state index in [1.165, 1.54) is 32.1 Å². The molecule has 0 amide bonds. The molecule has 1 atom stereocenters. The first-order valence-corrected chi connectivity index (χ1v) is 6.30. The van der Waals surface area contributed by atoms with E-state index in [1.54, 1.807) is 0 Å². The first-order valence-electron chi connectivity index (χ1n) is 5.93. The minimum atomic E-state index is 0.218. The summed E-state index contributed by atoms with van der Waals surface area (Å²) >= 11 is 5.73. The number of rotatable bonds is 4. The summed E-state index contributed by atoms with van der Waals surface area (Å²) in [5, 5.41) is 3.45. The van der Waals surface area contributed by atoms with Gasteiger partial charge in [0, 0.05) is 12.6 Å². The molecule has 2 rings (SSSR count). The summed E-state index contributed by atoms with van der Waals surface area (Å²) in [4.78, 5) is 10.4. The second kappa shape index (κ2) is 5.51. The van der Waals surface area contributed by atoms with Gasteiger partial charge in [0.25, 0.3) is 0 Å². The molecule has 0 spiro atoms. The van der Waals surface area contributed by atoms with Gasteiger partial charge in [0.15, 0.2) is 5.82 Å². The minimum Gasteiger partial charge on any atom is -0.394 e. The molecular formula is C11H18ClN5. The smallest absolute Gasteiger partial charge is 0.224 e. The molecule has 0 radical (unpaired) electrons. The molecule has 0 aromatic carbocycles. The highest BCUT2D eigenvalue weighted by molar-refractivity contribution is 6.28. The van der Waals surface area contributed by atoms with Gasteiger partial charge < -0.3 is 11.1 Å². The Morgan fingerprint density at radius 3 is 2.94 bits per heavy atom. The van der Waals surface area contributed by atoms with Gasteiger partial charge in [-0.3, -0.25) is 4.90 Å². The van der Waals surface area contributed by atoms with E-state index in [0.29, 0.717) is 17.5 Å². The summed E-state index contributed by atoms with van der Waals surface area (Å²) < 4.78 is 0. The lowest BCUT2D eigenvalue weighted by molar-refractivity contribution is 0.269. The molecule has 0 bridgehead atoms. The minimum absolute atomic E-state index is 0.218. The standard InChI is InChI=1S/C11H18ClN5/c1-8(17-4-2-3-5-17)6-14-10-9(13)7-15-11(12)16-10/h7-8H,2-6,13H2,1H3,(H,14,15,16). The Balaban J connectivity index is 1.90. The first kappa shape index (κ1) is 12.4. The Morgan fingerprint density at radius 1 is 1.53 bits per heavy atom. The van der Waals surface area contributed by atoms with Crippen molar-refractivity contribution in [2.75, 3.05) is 30.7 Å². The van der Waals surface area contributed by atoms with Crippen molar-refractivity contribution >= 4 is 23.1 Å². The number of aromatic nitrogens is 2. The van der Waals surface area contributed by atoms with E-state index in [2.05, 4.69) is 27.1 Å². The summed E-state index contributed by atoms with van der Waals surface area (Å²) in [7, 11) is 0. The second-order valence-electron chi connectivity index (χ2n) is 4.42. The third-order valence-electron chi connectivity index (χ3n) is 3.12. The first-order chi connectivity index (χ1) is 8.16. The largest absolute Gasteiger partial charge is 0.394 e. The van der Waals surface area contributed by atoms with Gasteiger partial charge in [-0.25, -0.2) is 4.98 Å². The van der Waals surface area contributed by atoms with Crippen LogP contribution in [0.15, 0.2) is 6.20 Å². The highest BCUT2D eigenvalue weighted by atomic mass is 35.5. The van der Waals surface area contributed by atoms with Crippen LogP contribution < -0.4 is 11.1 Å². The Labute approximate surface area is 106 Å². The average molecular weight is 256 g/mol. The summed E-state index contributed by atoms with van der Waals surface area (Å²) in [6.45, 7) is 5.39. The van der Waals surface area contributed by atoms with Crippen LogP contribution in [0.2, 0.25) is 5.28 Å². The lowest BCUT2D eigenvalue weighted by Gasteiger charge is -2.24. The molecule has 6 heteroatoms. The van der Waals surface area contributed by atoms with E-state index in [0.717, 1.165) is 6.54 Å². The molecule has 0 saturated carbocycles. The molecule has 1 aromatic heterocycles. The Kier molecular flexibility index (Phi) is 4.02. The number of nitrogen functional groups attached to an aromatic ring is 1. The number of nitrogens with one attached hydrogen (secondary N) is 1. The lowest BCUT2D eigenvalue weighted by atomic mass is 10.3. The van der Waals surface area contributed by atoms with Gasteiger partial charge in [-0.2, -0.15) is 4.98 Å². The van der Waals surface area contributed by atoms with Crippen molar-refractivity contribution in [3.8, 4) is 0 Å². The highest BCUT2D eigenvalue weighted by Gasteiger charge is 2.18. The molecule has 1 saturated heterocycles. The molecular weight excluding hydrogens is 238 g/mol. The topological polar surface area (TPSA) is 67.1 Å². The normalized spacial score (nSPS) is 18.2. The quantitative estimate of drug-likeness (QED) is 0.800. The Morgan fingerprint density at radius 2 is 2.24 bits per heavy atom. The highest BCUT2D eigenvalue weighted by Crippen LogP contribution is 2.17. The predicted octanol–water partition coefficient (Wildman–Crippen LogP) is 1.61. The molecule has 5 nitrogen and oxygen atoms in total. The van der Waals surface area contributed by atoms with Crippen LogP contribution in [0.1, 0.15) is 19.8 Å². The van der Waals surface area contributed by atoms with Gasteiger partial charge in [0.1, 0.15) is 0 Å². The van der Waals surface area contributed by atoms with Crippen LogP contribution in [0.4, 0.5) is 11.5 Å². The number of nitrogens with zero attached hydrogens (tertiary/aromatic N) is 3. The lowest BCUT2D eigenvalue weighted by Crippen LogP contribution is -2.35. The summed E-state index contributed by atoms with van der Waals surface area (Å²) in [5.74, 6) is 0.621. The van der Waals surface area contributed by atoms with Crippen molar-refractivity contribution < 1.29 is 0 Å². The van der Waals surface area contributed by atoms with Crippen LogP contribution in [-0.2, 0) is 0 Å². The fourth-order valence-corrected chi connectivity index (χ4v) is 2.20. The van der Waals surface area contributed by atoms with Crippen LogP contribution >= 0.6 is 11.6 Å². The number of hydrogen-bond acceptors (Lipinski definition) is 5. The van der Waals surface area contributed by atoms with Crippen molar-refractivity contribution in [1.82, 2.24) is 14.9 Å². The average Bonchev–Trinajstić information content (AvgIpc) is 2.83. The van der Waals surface area contributed by atoms with E-state index in [-0.39, 0.29) is 5.28 Å². The second-order valence-corrected chi connectivity index (χ2v) is 4.75. The van der Waals surface area contributed by atoms with Crippen molar-refractivity contribution in [3.63, 3.8) is 0 Å². The maximum absolute atomic E-state index is 5.77. The molecule has 1 aromatic rings. The van der Waals surface area contributed by atoms with E-state index in [4.69, 9.17) is 17.3 Å². The van der Waals surface area contributed by atoms with Gasteiger partial charge in [0.05, 0.1) is 11.9 Å². The molecule has 94 valence electrons. The third kappa shape index (κ3) is 3.20. The van der Waals surface area contributed by atoms with Crippen LogP contribution in [0.5, 0.6) is 0 Å². The zero-order valence-electron chi connectivity index (χ0n) is 9.99. The van der Waals surface area contributed by atoms with Crippen molar-refractivity contribution in [2.45, 2.75) is 25.8 Å². The van der Waals surface area contributed by atoms with E-state index in [1.807, 2.05) is 0 Å². The third-order valence-corrected chi connectivity index (χ3v) is 3.30. The molecule has 1 unspecified atom stereocenters. The van der Waals surface area contributed by atoms with E-state index < -0.39 is 0 Å². The van der Waals surface area contributed by atoms with Crippen LogP contribution in [-0.4, -0.2) is 40.5 Å². The van der Waals surface area contributed by atoms with Crippen molar-refractivity contribution in [2.24, 2.45) is 0 Å². The molecule has 2 heterocycles. The molecule has 1 fully saturated rings. The Bertz CT molecular complexity index is 378. The fraction of sp³-hybridized carbons (Fsp3) is 0.636.